The van der Waals surface area contributed by atoms with Crippen molar-refractivity contribution >= 4 is 17.7 Å². The van der Waals surface area contributed by atoms with E-state index < -0.39 is 18.1 Å². The molecule has 0 aliphatic heterocycles. The summed E-state index contributed by atoms with van der Waals surface area (Å²) in [5, 5.41) is 19.4. The third kappa shape index (κ3) is 13.7. The van der Waals surface area contributed by atoms with E-state index in [9.17, 15) is 19.5 Å². The average Bonchev–Trinajstić information content (AvgIpc) is 2.92. The van der Waals surface area contributed by atoms with Crippen molar-refractivity contribution in [2.45, 2.75) is 84.9 Å². The predicted molar refractivity (Wildman–Crippen MR) is 162 cm³/mol. The molecule has 0 aliphatic rings. The van der Waals surface area contributed by atoms with Crippen molar-refractivity contribution < 1.29 is 29.0 Å². The van der Waals surface area contributed by atoms with E-state index in [-0.39, 0.29) is 54.4 Å². The Balaban J connectivity index is 2.74. The number of hydrogen-bond acceptors (Lipinski definition) is 7. The molecule has 0 heterocycles. The van der Waals surface area contributed by atoms with Crippen molar-refractivity contribution in [3.8, 4) is 5.75 Å². The SMILES string of the molecule is CNC(=O)CC(C)NC(=O)C(CC(O)C(N)CC(CNC(=O)c1ccccc1OCCCCOC)C(C)C)C(C)C. The second-order valence-electron chi connectivity index (χ2n) is 11.6. The van der Waals surface area contributed by atoms with E-state index in [1.165, 1.54) is 0 Å². The second kappa shape index (κ2) is 19.4. The summed E-state index contributed by atoms with van der Waals surface area (Å²) >= 11 is 0. The highest BCUT2D eigenvalue weighted by molar-refractivity contribution is 5.96. The minimum atomic E-state index is -0.897. The van der Waals surface area contributed by atoms with Gasteiger partial charge >= 0.3 is 0 Å². The van der Waals surface area contributed by atoms with Gasteiger partial charge in [0, 0.05) is 51.7 Å². The number of para-hydroxylation sites is 1. The molecule has 1 rings (SSSR count). The summed E-state index contributed by atoms with van der Waals surface area (Å²) in [4.78, 5) is 37.6. The van der Waals surface area contributed by atoms with Gasteiger partial charge in [-0.3, -0.25) is 14.4 Å². The maximum absolute atomic E-state index is 13.1. The van der Waals surface area contributed by atoms with Gasteiger partial charge in [0.15, 0.2) is 0 Å². The lowest BCUT2D eigenvalue weighted by Crippen LogP contribution is -2.45. The Morgan fingerprint density at radius 1 is 0.976 bits per heavy atom. The van der Waals surface area contributed by atoms with Crippen LogP contribution in [0.1, 0.15) is 77.1 Å². The van der Waals surface area contributed by atoms with Crippen LogP contribution >= 0.6 is 0 Å². The van der Waals surface area contributed by atoms with Gasteiger partial charge in [-0.25, -0.2) is 0 Å². The molecule has 234 valence electrons. The molecule has 1 aromatic carbocycles. The zero-order valence-electron chi connectivity index (χ0n) is 26.1. The zero-order valence-corrected chi connectivity index (χ0v) is 26.1. The first kappa shape index (κ1) is 36.3. The van der Waals surface area contributed by atoms with Crippen LogP contribution in [-0.4, -0.2) is 74.9 Å². The Morgan fingerprint density at radius 2 is 1.63 bits per heavy atom. The molecule has 3 amide bonds. The van der Waals surface area contributed by atoms with E-state index in [4.69, 9.17) is 15.2 Å². The van der Waals surface area contributed by atoms with Gasteiger partial charge in [-0.1, -0.05) is 39.8 Å². The first-order valence-corrected chi connectivity index (χ1v) is 14.8. The van der Waals surface area contributed by atoms with Crippen LogP contribution in [0.3, 0.4) is 0 Å². The van der Waals surface area contributed by atoms with Crippen LogP contribution < -0.4 is 26.4 Å². The van der Waals surface area contributed by atoms with Crippen LogP contribution in [0, 0.1) is 23.7 Å². The molecule has 41 heavy (non-hydrogen) atoms. The highest BCUT2D eigenvalue weighted by Crippen LogP contribution is 2.24. The summed E-state index contributed by atoms with van der Waals surface area (Å²) in [6.45, 7) is 11.3. The summed E-state index contributed by atoms with van der Waals surface area (Å²) in [5.41, 5.74) is 6.92. The standard InChI is InChI=1S/C31H54N4O6/c1-20(2)23(19-34-30(38)24-12-8-9-13-28(24)41-15-11-10-14-40-7)17-26(32)27(36)18-25(21(3)4)31(39)35-22(5)16-29(37)33-6/h8-9,12-13,20-23,25-27,36H,10-11,14-19,32H2,1-7H3,(H,33,37)(H,34,38)(H,35,39). The lowest BCUT2D eigenvalue weighted by Gasteiger charge is -2.30. The summed E-state index contributed by atoms with van der Waals surface area (Å²) in [6, 6.07) is 6.28. The van der Waals surface area contributed by atoms with Crippen LogP contribution in [0.5, 0.6) is 5.75 Å². The number of carbonyl (C=O) groups excluding carboxylic acids is 3. The Kier molecular flexibility index (Phi) is 17.2. The van der Waals surface area contributed by atoms with Crippen LogP contribution in [0.15, 0.2) is 24.3 Å². The number of hydrogen-bond donors (Lipinski definition) is 5. The first-order valence-electron chi connectivity index (χ1n) is 14.8. The molecule has 0 bridgehead atoms. The number of rotatable bonds is 20. The minimum absolute atomic E-state index is 0.0182. The number of ether oxygens (including phenoxy) is 2. The Hall–Kier alpha value is -2.69. The topological polar surface area (TPSA) is 152 Å². The Bertz CT molecular complexity index is 926. The number of benzene rings is 1. The summed E-state index contributed by atoms with van der Waals surface area (Å²) < 4.78 is 10.9. The van der Waals surface area contributed by atoms with Gasteiger partial charge in [0.05, 0.1) is 18.3 Å². The van der Waals surface area contributed by atoms with Gasteiger partial charge in [-0.05, 0) is 62.5 Å². The fraction of sp³-hybridized carbons (Fsp3) is 0.710. The highest BCUT2D eigenvalue weighted by atomic mass is 16.5. The quantitative estimate of drug-likeness (QED) is 0.149. The number of methoxy groups -OCH3 is 1. The van der Waals surface area contributed by atoms with Crippen molar-refractivity contribution in [1.29, 1.82) is 0 Å². The molecule has 0 radical (unpaired) electrons. The van der Waals surface area contributed by atoms with Crippen LogP contribution in [-0.2, 0) is 14.3 Å². The van der Waals surface area contributed by atoms with Crippen LogP contribution in [0.2, 0.25) is 0 Å². The fourth-order valence-corrected chi connectivity index (χ4v) is 4.63. The van der Waals surface area contributed by atoms with E-state index in [1.54, 1.807) is 39.3 Å². The largest absolute Gasteiger partial charge is 0.493 e. The molecule has 6 N–H and O–H groups in total. The smallest absolute Gasteiger partial charge is 0.255 e. The number of amides is 3. The number of unbranched alkanes of at least 4 members (excludes halogenated alkanes) is 1. The molecule has 5 unspecified atom stereocenters. The molecule has 0 aromatic heterocycles. The van der Waals surface area contributed by atoms with Crippen LogP contribution in [0.4, 0.5) is 0 Å². The second-order valence-corrected chi connectivity index (χ2v) is 11.6. The third-order valence-electron chi connectivity index (χ3n) is 7.46. The zero-order chi connectivity index (χ0) is 30.9. The molecular formula is C31H54N4O6. The van der Waals surface area contributed by atoms with E-state index >= 15 is 0 Å². The van der Waals surface area contributed by atoms with Crippen molar-refractivity contribution in [1.82, 2.24) is 16.0 Å². The number of aliphatic hydroxyl groups is 1. The maximum atomic E-state index is 13.1. The van der Waals surface area contributed by atoms with Crippen molar-refractivity contribution in [2.75, 3.05) is 33.9 Å². The average molecular weight is 579 g/mol. The van der Waals surface area contributed by atoms with Crippen molar-refractivity contribution in [2.24, 2.45) is 29.4 Å². The van der Waals surface area contributed by atoms with E-state index in [0.29, 0.717) is 37.5 Å². The number of nitrogens with two attached hydrogens (primary N) is 1. The molecule has 1 aromatic rings. The van der Waals surface area contributed by atoms with E-state index in [0.717, 1.165) is 12.8 Å². The molecule has 10 nitrogen and oxygen atoms in total. The Morgan fingerprint density at radius 3 is 2.24 bits per heavy atom. The molecule has 5 atom stereocenters. The van der Waals surface area contributed by atoms with E-state index in [1.807, 2.05) is 19.9 Å². The van der Waals surface area contributed by atoms with E-state index in [2.05, 4.69) is 29.8 Å². The molecule has 0 spiro atoms. The molecule has 0 saturated heterocycles. The van der Waals surface area contributed by atoms with Gasteiger partial charge in [-0.15, -0.1) is 0 Å². The van der Waals surface area contributed by atoms with Gasteiger partial charge in [-0.2, -0.15) is 0 Å². The maximum Gasteiger partial charge on any atom is 0.255 e. The summed E-state index contributed by atoms with van der Waals surface area (Å²) in [5.74, 6) is -0.285. The van der Waals surface area contributed by atoms with Crippen molar-refractivity contribution in [3.05, 3.63) is 29.8 Å². The predicted octanol–water partition coefficient (Wildman–Crippen LogP) is 2.88. The normalized spacial score (nSPS) is 15.1. The van der Waals surface area contributed by atoms with Crippen LogP contribution in [0.25, 0.3) is 0 Å². The van der Waals surface area contributed by atoms with Gasteiger partial charge in [0.25, 0.3) is 5.91 Å². The molecular weight excluding hydrogens is 524 g/mol. The van der Waals surface area contributed by atoms with Crippen molar-refractivity contribution in [3.63, 3.8) is 0 Å². The van der Waals surface area contributed by atoms with Gasteiger partial charge < -0.3 is 36.3 Å². The lowest BCUT2D eigenvalue weighted by atomic mass is 9.83. The number of nitrogens with one attached hydrogen (secondary N) is 3. The number of carbonyl (C=O) groups is 3. The summed E-state index contributed by atoms with van der Waals surface area (Å²) in [7, 11) is 3.22. The first-order chi connectivity index (χ1) is 19.4. The highest BCUT2D eigenvalue weighted by Gasteiger charge is 2.30. The molecule has 0 saturated carbocycles. The molecule has 0 aliphatic carbocycles. The third-order valence-corrected chi connectivity index (χ3v) is 7.46. The summed E-state index contributed by atoms with van der Waals surface area (Å²) in [6.07, 6.45) is 1.69. The lowest BCUT2D eigenvalue weighted by molar-refractivity contribution is -0.128. The fourth-order valence-electron chi connectivity index (χ4n) is 4.63. The Labute approximate surface area is 246 Å². The number of aliphatic hydroxyl groups excluding tert-OH is 1. The minimum Gasteiger partial charge on any atom is -0.493 e. The molecule has 10 heteroatoms. The van der Waals surface area contributed by atoms with Gasteiger partial charge in [0.2, 0.25) is 11.8 Å². The monoisotopic (exact) mass is 578 g/mol. The molecule has 0 fully saturated rings. The van der Waals surface area contributed by atoms with Gasteiger partial charge in [0.1, 0.15) is 5.75 Å².